The van der Waals surface area contributed by atoms with Crippen LogP contribution in [0.3, 0.4) is 0 Å². The Kier molecular flexibility index (Phi) is 7.65. The zero-order valence-electron chi connectivity index (χ0n) is 14.8. The van der Waals surface area contributed by atoms with Gasteiger partial charge in [0.2, 0.25) is 0 Å². The standard InChI is InChI=1S/C12H4F21O/c13-3(1-2-34,11(28,29)30)4(14,15)5(16,17)6(18,19)7(20,21)8(22,23)9(24,25)10(26,27)12(31,32)33/h1-2H2. The monoisotopic (exact) mass is 563 g/mol. The lowest BCUT2D eigenvalue weighted by Crippen LogP contribution is -2.77. The number of hydrogen-bond donors (Lipinski definition) is 0. The van der Waals surface area contributed by atoms with Crippen molar-refractivity contribution in [2.45, 2.75) is 65.9 Å². The first-order valence-electron chi connectivity index (χ1n) is 7.36. The van der Waals surface area contributed by atoms with Crippen LogP contribution in [0.1, 0.15) is 6.42 Å². The van der Waals surface area contributed by atoms with Crippen molar-refractivity contribution in [3.05, 3.63) is 0 Å². The maximum absolute atomic E-state index is 13.6. The first kappa shape index (κ1) is 32.5. The summed E-state index contributed by atoms with van der Waals surface area (Å²) in [6, 6.07) is 0. The van der Waals surface area contributed by atoms with Gasteiger partial charge in [-0.3, -0.25) is 0 Å². The summed E-state index contributed by atoms with van der Waals surface area (Å²) in [5, 5.41) is 10.0. The highest BCUT2D eigenvalue weighted by molar-refractivity contribution is 5.18. The van der Waals surface area contributed by atoms with Crippen molar-refractivity contribution in [3.63, 3.8) is 0 Å². The molecule has 0 aliphatic heterocycles. The Hall–Kier alpha value is -1.51. The summed E-state index contributed by atoms with van der Waals surface area (Å²) in [4.78, 5) is 0. The van der Waals surface area contributed by atoms with Gasteiger partial charge in [0.05, 0.1) is 6.61 Å². The van der Waals surface area contributed by atoms with Crippen molar-refractivity contribution in [3.8, 4) is 0 Å². The molecule has 0 heterocycles. The maximum atomic E-state index is 13.6. The van der Waals surface area contributed by atoms with Gasteiger partial charge in [0.1, 0.15) is 0 Å². The van der Waals surface area contributed by atoms with Crippen LogP contribution in [0.5, 0.6) is 0 Å². The molecular weight excluding hydrogens is 559 g/mol. The first-order valence-corrected chi connectivity index (χ1v) is 7.36. The minimum Gasteiger partial charge on any atom is -0.237 e. The Morgan fingerprint density at radius 3 is 0.765 bits per heavy atom. The van der Waals surface area contributed by atoms with E-state index in [1.807, 2.05) is 0 Å². The topological polar surface area (TPSA) is 19.9 Å². The van der Waals surface area contributed by atoms with Crippen LogP contribution in [-0.2, 0) is 5.11 Å². The molecule has 0 spiro atoms. The minimum atomic E-state index is -9.16. The summed E-state index contributed by atoms with van der Waals surface area (Å²) < 4.78 is 272. The molecule has 1 radical (unpaired) electrons. The third-order valence-electron chi connectivity index (χ3n) is 4.12. The second kappa shape index (κ2) is 8.00. The van der Waals surface area contributed by atoms with E-state index in [1.165, 1.54) is 0 Å². The van der Waals surface area contributed by atoms with E-state index >= 15 is 0 Å². The van der Waals surface area contributed by atoms with Gasteiger partial charge < -0.3 is 0 Å². The summed E-state index contributed by atoms with van der Waals surface area (Å²) in [7, 11) is 0. The largest absolute Gasteiger partial charge is 0.460 e. The SMILES string of the molecule is [O]CCC(F)(C(F)(F)F)C(F)(F)C(F)(F)C(F)(F)C(F)(F)C(F)(F)C(F)(F)C(F)(F)C(F)(F)F. The van der Waals surface area contributed by atoms with Gasteiger partial charge in [-0.15, -0.1) is 0 Å². The average molecular weight is 563 g/mol. The van der Waals surface area contributed by atoms with Crippen LogP contribution in [-0.4, -0.2) is 66.1 Å². The van der Waals surface area contributed by atoms with Gasteiger partial charge >= 0.3 is 53.8 Å². The lowest BCUT2D eigenvalue weighted by molar-refractivity contribution is -0.471. The molecule has 1 atom stereocenters. The van der Waals surface area contributed by atoms with Gasteiger partial charge in [0, 0.05) is 6.42 Å². The van der Waals surface area contributed by atoms with E-state index in [0.29, 0.717) is 0 Å². The summed E-state index contributed by atoms with van der Waals surface area (Å²) in [6.07, 6.45) is -19.1. The van der Waals surface area contributed by atoms with Crippen LogP contribution in [0.2, 0.25) is 0 Å². The van der Waals surface area contributed by atoms with Crippen LogP contribution in [0.25, 0.3) is 0 Å². The first-order chi connectivity index (χ1) is 14.3. The predicted molar refractivity (Wildman–Crippen MR) is 60.7 cm³/mol. The highest BCUT2D eigenvalue weighted by Gasteiger charge is 2.97. The second-order valence-corrected chi connectivity index (χ2v) is 6.27. The lowest BCUT2D eigenvalue weighted by atomic mass is 9.82. The van der Waals surface area contributed by atoms with Crippen molar-refractivity contribution in [2.75, 3.05) is 6.61 Å². The van der Waals surface area contributed by atoms with E-state index in [4.69, 9.17) is 0 Å². The number of halogens is 21. The molecule has 205 valence electrons. The third-order valence-corrected chi connectivity index (χ3v) is 4.12. The van der Waals surface area contributed by atoms with Crippen molar-refractivity contribution in [1.82, 2.24) is 0 Å². The molecule has 0 rings (SSSR count). The maximum Gasteiger partial charge on any atom is 0.460 e. The molecule has 1 unspecified atom stereocenters. The number of hydrogen-bond acceptors (Lipinski definition) is 0. The molecule has 0 aromatic heterocycles. The van der Waals surface area contributed by atoms with Crippen LogP contribution in [0.4, 0.5) is 92.2 Å². The summed E-state index contributed by atoms with van der Waals surface area (Å²) in [5.41, 5.74) is -7.25. The number of rotatable bonds is 9. The number of alkyl halides is 21. The minimum absolute atomic E-state index is 2.85. The molecule has 0 aliphatic carbocycles. The van der Waals surface area contributed by atoms with Gasteiger partial charge in [0.25, 0.3) is 5.67 Å². The Morgan fingerprint density at radius 2 is 0.559 bits per heavy atom. The molecule has 22 heteroatoms. The van der Waals surface area contributed by atoms with Crippen molar-refractivity contribution < 1.29 is 97.3 Å². The Labute approximate surface area is 171 Å². The van der Waals surface area contributed by atoms with Gasteiger partial charge in [0.15, 0.2) is 0 Å². The normalized spacial score (nSPS) is 18.2. The zero-order valence-corrected chi connectivity index (χ0v) is 14.8. The molecule has 0 aromatic carbocycles. The Balaban J connectivity index is 7.13. The molecular formula is C12H4F21O. The van der Waals surface area contributed by atoms with Gasteiger partial charge in [-0.2, -0.15) is 87.8 Å². The molecule has 0 saturated carbocycles. The quantitative estimate of drug-likeness (QED) is 0.267. The average Bonchev–Trinajstić information content (AvgIpc) is 2.58. The van der Waals surface area contributed by atoms with E-state index in [2.05, 4.69) is 0 Å². The van der Waals surface area contributed by atoms with E-state index in [-0.39, 0.29) is 0 Å². The fourth-order valence-corrected chi connectivity index (χ4v) is 2.03. The van der Waals surface area contributed by atoms with Gasteiger partial charge in [-0.25, -0.2) is 9.50 Å². The fourth-order valence-electron chi connectivity index (χ4n) is 2.03. The third kappa shape index (κ3) is 3.80. The van der Waals surface area contributed by atoms with Crippen LogP contribution in [0, 0.1) is 0 Å². The molecule has 0 N–H and O–H groups in total. The zero-order chi connectivity index (χ0) is 28.4. The molecule has 1 nitrogen and oxygen atoms in total. The van der Waals surface area contributed by atoms with E-state index < -0.39 is 72.5 Å². The van der Waals surface area contributed by atoms with E-state index in [0.717, 1.165) is 0 Å². The molecule has 0 fully saturated rings. The molecule has 0 amide bonds. The van der Waals surface area contributed by atoms with E-state index in [1.54, 1.807) is 0 Å². The molecule has 0 aromatic rings. The smallest absolute Gasteiger partial charge is 0.237 e. The highest BCUT2D eigenvalue weighted by Crippen LogP contribution is 2.66. The summed E-state index contributed by atoms with van der Waals surface area (Å²) in [5.74, 6) is -61.9. The van der Waals surface area contributed by atoms with Gasteiger partial charge in [-0.1, -0.05) is 0 Å². The Bertz CT molecular complexity index is 729. The van der Waals surface area contributed by atoms with Crippen molar-refractivity contribution >= 4 is 0 Å². The lowest BCUT2D eigenvalue weighted by Gasteiger charge is -2.45. The summed E-state index contributed by atoms with van der Waals surface area (Å²) >= 11 is 0. The molecule has 34 heavy (non-hydrogen) atoms. The predicted octanol–water partition coefficient (Wildman–Crippen LogP) is 7.09. The Morgan fingerprint density at radius 1 is 0.324 bits per heavy atom. The van der Waals surface area contributed by atoms with E-state index in [9.17, 15) is 97.3 Å². The second-order valence-electron chi connectivity index (χ2n) is 6.27. The van der Waals surface area contributed by atoms with Gasteiger partial charge in [-0.05, 0) is 0 Å². The van der Waals surface area contributed by atoms with Crippen molar-refractivity contribution in [2.24, 2.45) is 0 Å². The fraction of sp³-hybridized carbons (Fsp3) is 1.00. The molecule has 0 bridgehead atoms. The van der Waals surface area contributed by atoms with Crippen LogP contribution < -0.4 is 0 Å². The van der Waals surface area contributed by atoms with Crippen LogP contribution in [0.15, 0.2) is 0 Å². The molecule has 0 saturated heterocycles. The summed E-state index contributed by atoms with van der Waals surface area (Å²) in [6.45, 7) is -2.85. The molecule has 0 aliphatic rings. The van der Waals surface area contributed by atoms with Crippen molar-refractivity contribution in [1.29, 1.82) is 0 Å². The van der Waals surface area contributed by atoms with Crippen LogP contribution >= 0.6 is 0 Å². The highest BCUT2D eigenvalue weighted by atomic mass is 19.4.